The lowest BCUT2D eigenvalue weighted by Crippen LogP contribution is -2.49. The Kier molecular flexibility index (Phi) is 7.80. The van der Waals surface area contributed by atoms with Gasteiger partial charge < -0.3 is 15.5 Å². The summed E-state index contributed by atoms with van der Waals surface area (Å²) < 4.78 is 0. The lowest BCUT2D eigenvalue weighted by atomic mass is 9.99. The normalized spacial score (nSPS) is 16.8. The van der Waals surface area contributed by atoms with Gasteiger partial charge in [-0.05, 0) is 37.3 Å². The molecular weight excluding hydrogens is 226 g/mol. The Balaban J connectivity index is 3.90. The number of hydrogen-bond acceptors (Lipinski definition) is 4. The lowest BCUT2D eigenvalue weighted by molar-refractivity contribution is -0.144. The monoisotopic (exact) mass is 249 g/mol. The molecule has 0 rings (SSSR count). The Bertz CT molecular complexity index is 213. The van der Waals surface area contributed by atoms with E-state index in [1.807, 2.05) is 13.8 Å². The first-order valence-electron chi connectivity index (χ1n) is 5.63. The van der Waals surface area contributed by atoms with Gasteiger partial charge in [0.2, 0.25) is 0 Å². The molecule has 0 amide bonds. The summed E-state index contributed by atoms with van der Waals surface area (Å²) in [6, 6.07) is 0. The summed E-state index contributed by atoms with van der Waals surface area (Å²) in [5.74, 6) is 1.14. The van der Waals surface area contributed by atoms with Crippen molar-refractivity contribution in [1.82, 2.24) is 5.32 Å². The van der Waals surface area contributed by atoms with Crippen LogP contribution >= 0.6 is 11.8 Å². The smallest absolute Gasteiger partial charge is 0.323 e. The third-order valence-electron chi connectivity index (χ3n) is 2.50. The molecule has 2 atom stereocenters. The predicted octanol–water partition coefficient (Wildman–Crippen LogP) is 1.19. The molecule has 0 aliphatic carbocycles. The van der Waals surface area contributed by atoms with Crippen molar-refractivity contribution in [3.05, 3.63) is 0 Å². The van der Waals surface area contributed by atoms with Crippen LogP contribution in [0.3, 0.4) is 0 Å². The minimum Gasteiger partial charge on any atom is -0.480 e. The van der Waals surface area contributed by atoms with Crippen LogP contribution in [0.5, 0.6) is 0 Å². The standard InChI is InChI=1S/C11H23NO3S/c1-4-12-11(3,10(14)15)5-6-16-8-9(2)7-13/h9,12-13H,4-8H2,1-3H3,(H,14,15). The van der Waals surface area contributed by atoms with Crippen molar-refractivity contribution in [1.29, 1.82) is 0 Å². The van der Waals surface area contributed by atoms with Gasteiger partial charge in [-0.2, -0.15) is 11.8 Å². The van der Waals surface area contributed by atoms with Crippen molar-refractivity contribution in [2.45, 2.75) is 32.7 Å². The number of aliphatic hydroxyl groups excluding tert-OH is 1. The van der Waals surface area contributed by atoms with Gasteiger partial charge in [0.05, 0.1) is 0 Å². The van der Waals surface area contributed by atoms with Crippen LogP contribution in [0.2, 0.25) is 0 Å². The van der Waals surface area contributed by atoms with Crippen molar-refractivity contribution >= 4 is 17.7 Å². The van der Waals surface area contributed by atoms with Gasteiger partial charge in [-0.25, -0.2) is 0 Å². The molecule has 0 saturated heterocycles. The Hall–Kier alpha value is -0.260. The van der Waals surface area contributed by atoms with Gasteiger partial charge in [-0.1, -0.05) is 13.8 Å². The summed E-state index contributed by atoms with van der Waals surface area (Å²) in [4.78, 5) is 11.1. The van der Waals surface area contributed by atoms with Crippen molar-refractivity contribution in [3.63, 3.8) is 0 Å². The highest BCUT2D eigenvalue weighted by Gasteiger charge is 2.31. The second kappa shape index (κ2) is 7.92. The molecule has 3 N–H and O–H groups in total. The first kappa shape index (κ1) is 15.7. The van der Waals surface area contributed by atoms with Crippen LogP contribution in [-0.4, -0.2) is 46.4 Å². The molecule has 2 unspecified atom stereocenters. The van der Waals surface area contributed by atoms with Crippen molar-refractivity contribution in [3.8, 4) is 0 Å². The molecular formula is C11H23NO3S. The lowest BCUT2D eigenvalue weighted by Gasteiger charge is -2.25. The Labute approximate surface area is 102 Å². The van der Waals surface area contributed by atoms with E-state index in [4.69, 9.17) is 10.2 Å². The van der Waals surface area contributed by atoms with Crippen molar-refractivity contribution in [2.75, 3.05) is 24.7 Å². The van der Waals surface area contributed by atoms with E-state index in [1.54, 1.807) is 18.7 Å². The molecule has 0 aromatic heterocycles. The van der Waals surface area contributed by atoms with Crippen LogP contribution < -0.4 is 5.32 Å². The zero-order valence-electron chi connectivity index (χ0n) is 10.3. The Morgan fingerprint density at radius 3 is 2.62 bits per heavy atom. The molecule has 0 aromatic carbocycles. The summed E-state index contributed by atoms with van der Waals surface area (Å²) in [6.45, 7) is 6.45. The van der Waals surface area contributed by atoms with Gasteiger partial charge >= 0.3 is 5.97 Å². The van der Waals surface area contributed by atoms with Crippen LogP contribution in [0.1, 0.15) is 27.2 Å². The van der Waals surface area contributed by atoms with Crippen LogP contribution in [-0.2, 0) is 4.79 Å². The van der Waals surface area contributed by atoms with E-state index in [9.17, 15) is 4.79 Å². The number of carbonyl (C=O) groups is 1. The fourth-order valence-corrected chi connectivity index (χ4v) is 2.50. The Morgan fingerprint density at radius 2 is 2.19 bits per heavy atom. The highest BCUT2D eigenvalue weighted by Crippen LogP contribution is 2.16. The maximum atomic E-state index is 11.1. The third kappa shape index (κ3) is 5.72. The molecule has 16 heavy (non-hydrogen) atoms. The molecule has 0 fully saturated rings. The topological polar surface area (TPSA) is 69.6 Å². The second-order valence-corrected chi connectivity index (χ2v) is 5.43. The molecule has 0 radical (unpaired) electrons. The number of hydrogen-bond donors (Lipinski definition) is 3. The molecule has 4 nitrogen and oxygen atoms in total. The number of nitrogens with one attached hydrogen (secondary N) is 1. The quantitative estimate of drug-likeness (QED) is 0.536. The minimum atomic E-state index is -0.829. The summed E-state index contributed by atoms with van der Waals surface area (Å²) in [6.07, 6.45) is 0.596. The largest absolute Gasteiger partial charge is 0.480 e. The summed E-state index contributed by atoms with van der Waals surface area (Å²) in [7, 11) is 0. The van der Waals surface area contributed by atoms with E-state index in [-0.39, 0.29) is 12.5 Å². The molecule has 96 valence electrons. The van der Waals surface area contributed by atoms with Gasteiger partial charge in [0.15, 0.2) is 0 Å². The third-order valence-corrected chi connectivity index (χ3v) is 3.80. The van der Waals surface area contributed by atoms with E-state index in [2.05, 4.69) is 5.32 Å². The molecule has 0 aliphatic heterocycles. The molecule has 0 bridgehead atoms. The van der Waals surface area contributed by atoms with Gasteiger partial charge in [0.25, 0.3) is 0 Å². The zero-order chi connectivity index (χ0) is 12.6. The van der Waals surface area contributed by atoms with E-state index in [0.717, 1.165) is 11.5 Å². The van der Waals surface area contributed by atoms with Gasteiger partial charge in [0, 0.05) is 6.61 Å². The van der Waals surface area contributed by atoms with Crippen LogP contribution in [0.15, 0.2) is 0 Å². The zero-order valence-corrected chi connectivity index (χ0v) is 11.1. The van der Waals surface area contributed by atoms with Crippen LogP contribution in [0.4, 0.5) is 0 Å². The highest BCUT2D eigenvalue weighted by atomic mass is 32.2. The number of carboxylic acids is 1. The fourth-order valence-electron chi connectivity index (χ4n) is 1.27. The first-order chi connectivity index (χ1) is 7.46. The van der Waals surface area contributed by atoms with E-state index in [1.165, 1.54) is 0 Å². The van der Waals surface area contributed by atoms with Gasteiger partial charge in [-0.3, -0.25) is 4.79 Å². The summed E-state index contributed by atoms with van der Waals surface area (Å²) >= 11 is 1.69. The molecule has 0 spiro atoms. The number of rotatable bonds is 9. The van der Waals surface area contributed by atoms with E-state index in [0.29, 0.717) is 13.0 Å². The number of thioether (sulfide) groups is 1. The van der Waals surface area contributed by atoms with E-state index < -0.39 is 11.5 Å². The maximum absolute atomic E-state index is 11.1. The van der Waals surface area contributed by atoms with Gasteiger partial charge in [-0.15, -0.1) is 0 Å². The van der Waals surface area contributed by atoms with Gasteiger partial charge in [0.1, 0.15) is 5.54 Å². The van der Waals surface area contributed by atoms with Crippen molar-refractivity contribution in [2.24, 2.45) is 5.92 Å². The maximum Gasteiger partial charge on any atom is 0.323 e. The molecule has 0 aliphatic rings. The predicted molar refractivity (Wildman–Crippen MR) is 67.9 cm³/mol. The fraction of sp³-hybridized carbons (Fsp3) is 0.909. The minimum absolute atomic E-state index is 0.191. The molecule has 0 saturated carbocycles. The number of likely N-dealkylation sites (N-methyl/N-ethyl adjacent to an activating group) is 1. The highest BCUT2D eigenvalue weighted by molar-refractivity contribution is 7.99. The SMILES string of the molecule is CCNC(C)(CCSCC(C)CO)C(=O)O. The first-order valence-corrected chi connectivity index (χ1v) is 6.78. The van der Waals surface area contributed by atoms with Crippen LogP contribution in [0.25, 0.3) is 0 Å². The number of aliphatic carboxylic acids is 1. The summed E-state index contributed by atoms with van der Waals surface area (Å²) in [5.41, 5.74) is -0.829. The van der Waals surface area contributed by atoms with Crippen LogP contribution in [0, 0.1) is 5.92 Å². The number of carboxylic acid groups (broad SMARTS) is 1. The molecule has 5 heteroatoms. The Morgan fingerprint density at radius 1 is 1.56 bits per heavy atom. The van der Waals surface area contributed by atoms with Crippen molar-refractivity contribution < 1.29 is 15.0 Å². The molecule has 0 heterocycles. The average molecular weight is 249 g/mol. The average Bonchev–Trinajstić information content (AvgIpc) is 2.24. The summed E-state index contributed by atoms with van der Waals surface area (Å²) in [5, 5.41) is 21.0. The number of aliphatic hydroxyl groups is 1. The second-order valence-electron chi connectivity index (χ2n) is 4.28. The molecule has 0 aromatic rings. The van der Waals surface area contributed by atoms with E-state index >= 15 is 0 Å².